The highest BCUT2D eigenvalue weighted by atomic mass is 16.2. The summed E-state index contributed by atoms with van der Waals surface area (Å²) in [6.45, 7) is 3.43. The minimum absolute atomic E-state index is 0.00978. The third-order valence-electron chi connectivity index (χ3n) is 5.23. The third-order valence-corrected chi connectivity index (χ3v) is 5.23. The van der Waals surface area contributed by atoms with Crippen molar-refractivity contribution < 1.29 is 4.79 Å². The largest absolute Gasteiger partial charge is 0.331 e. The highest BCUT2D eigenvalue weighted by Crippen LogP contribution is 2.24. The van der Waals surface area contributed by atoms with Gasteiger partial charge in [0, 0.05) is 31.0 Å². The second-order valence-corrected chi connectivity index (χ2v) is 7.13. The first-order valence-electron chi connectivity index (χ1n) is 9.63. The molecule has 144 valence electrons. The van der Waals surface area contributed by atoms with Gasteiger partial charge < -0.3 is 10.2 Å². The molecule has 0 radical (unpaired) electrons. The minimum atomic E-state index is -0.0104. The van der Waals surface area contributed by atoms with Crippen LogP contribution in [-0.2, 0) is 0 Å². The first kappa shape index (κ1) is 18.2. The molecule has 4 rings (SSSR count). The van der Waals surface area contributed by atoms with E-state index in [1.54, 1.807) is 12.4 Å². The Morgan fingerprint density at radius 2 is 1.93 bits per heavy atom. The number of benzene rings is 1. The van der Waals surface area contributed by atoms with Crippen molar-refractivity contribution >= 4 is 6.03 Å². The number of piperidine rings is 1. The lowest BCUT2D eigenvalue weighted by Crippen LogP contribution is -2.45. The standard InChI is InChI=1S/C21H24N6O/c1-16(17-6-3-2-4-7-17)23-21(28)26-12-9-19(10-13-26)27-15-20(24-25-27)18-8-5-11-22-14-18/h2-8,11,14-16,19H,9-10,12-13H2,1H3,(H,23,28)/t16-/m0/s1. The molecule has 0 aliphatic carbocycles. The number of hydrogen-bond donors (Lipinski definition) is 1. The Morgan fingerprint density at radius 3 is 2.64 bits per heavy atom. The number of carbonyl (C=O) groups is 1. The molecule has 1 atom stereocenters. The molecule has 0 spiro atoms. The number of hydrogen-bond acceptors (Lipinski definition) is 4. The van der Waals surface area contributed by atoms with Gasteiger partial charge in [-0.2, -0.15) is 0 Å². The molecular weight excluding hydrogens is 352 g/mol. The smallest absolute Gasteiger partial charge is 0.317 e. The van der Waals surface area contributed by atoms with Crippen LogP contribution in [0, 0.1) is 0 Å². The molecule has 7 nitrogen and oxygen atoms in total. The highest BCUT2D eigenvalue weighted by Gasteiger charge is 2.25. The topological polar surface area (TPSA) is 75.9 Å². The normalized spacial score (nSPS) is 16.0. The van der Waals surface area contributed by atoms with Gasteiger partial charge in [-0.15, -0.1) is 5.10 Å². The van der Waals surface area contributed by atoms with Crippen LogP contribution in [0.15, 0.2) is 61.1 Å². The maximum atomic E-state index is 12.6. The predicted octanol–water partition coefficient (Wildman–Crippen LogP) is 3.45. The Bertz CT molecular complexity index is 903. The molecule has 1 saturated heterocycles. The molecule has 1 fully saturated rings. The molecule has 3 heterocycles. The zero-order valence-corrected chi connectivity index (χ0v) is 15.9. The van der Waals surface area contributed by atoms with Crippen LogP contribution in [0.1, 0.15) is 37.4 Å². The van der Waals surface area contributed by atoms with Crippen LogP contribution in [-0.4, -0.2) is 44.0 Å². The van der Waals surface area contributed by atoms with Gasteiger partial charge in [0.15, 0.2) is 0 Å². The van der Waals surface area contributed by atoms with Crippen LogP contribution >= 0.6 is 0 Å². The molecule has 0 bridgehead atoms. The van der Waals surface area contributed by atoms with Crippen molar-refractivity contribution in [3.63, 3.8) is 0 Å². The van der Waals surface area contributed by atoms with Gasteiger partial charge in [0.2, 0.25) is 0 Å². The van der Waals surface area contributed by atoms with E-state index in [0.717, 1.165) is 29.7 Å². The van der Waals surface area contributed by atoms with Gasteiger partial charge in [0.25, 0.3) is 0 Å². The van der Waals surface area contributed by atoms with Crippen LogP contribution in [0.2, 0.25) is 0 Å². The number of rotatable bonds is 4. The molecule has 0 saturated carbocycles. The number of nitrogens with zero attached hydrogens (tertiary/aromatic N) is 5. The zero-order chi connectivity index (χ0) is 19.3. The fourth-order valence-corrected chi connectivity index (χ4v) is 3.54. The maximum absolute atomic E-state index is 12.6. The lowest BCUT2D eigenvalue weighted by atomic mass is 10.1. The van der Waals surface area contributed by atoms with Gasteiger partial charge in [0.05, 0.1) is 18.3 Å². The summed E-state index contributed by atoms with van der Waals surface area (Å²) in [4.78, 5) is 18.6. The van der Waals surface area contributed by atoms with E-state index in [2.05, 4.69) is 20.6 Å². The van der Waals surface area contributed by atoms with Crippen molar-refractivity contribution in [2.24, 2.45) is 0 Å². The summed E-state index contributed by atoms with van der Waals surface area (Å²) in [6, 6.07) is 14.1. The molecule has 1 aliphatic rings. The van der Waals surface area contributed by atoms with Gasteiger partial charge in [-0.25, -0.2) is 9.48 Å². The second-order valence-electron chi connectivity index (χ2n) is 7.13. The minimum Gasteiger partial charge on any atom is -0.331 e. The molecule has 3 aromatic rings. The van der Waals surface area contributed by atoms with Crippen molar-refractivity contribution in [2.75, 3.05) is 13.1 Å². The van der Waals surface area contributed by atoms with E-state index in [4.69, 9.17) is 0 Å². The first-order chi connectivity index (χ1) is 13.7. The highest BCUT2D eigenvalue weighted by molar-refractivity contribution is 5.74. The summed E-state index contributed by atoms with van der Waals surface area (Å²) in [6.07, 6.45) is 7.23. The number of pyridine rings is 1. The van der Waals surface area contributed by atoms with Gasteiger partial charge in [-0.1, -0.05) is 35.5 Å². The Kier molecular flexibility index (Phi) is 5.32. The number of carbonyl (C=O) groups excluding carboxylic acids is 1. The van der Waals surface area contributed by atoms with E-state index in [0.29, 0.717) is 13.1 Å². The van der Waals surface area contributed by atoms with E-state index < -0.39 is 0 Å². The van der Waals surface area contributed by atoms with Crippen molar-refractivity contribution in [3.05, 3.63) is 66.6 Å². The molecule has 2 aromatic heterocycles. The molecular formula is C21H24N6O. The van der Waals surface area contributed by atoms with Crippen molar-refractivity contribution in [1.82, 2.24) is 30.2 Å². The van der Waals surface area contributed by atoms with Crippen molar-refractivity contribution in [2.45, 2.75) is 31.8 Å². The van der Waals surface area contributed by atoms with Crippen LogP contribution < -0.4 is 5.32 Å². The molecule has 1 aliphatic heterocycles. The summed E-state index contributed by atoms with van der Waals surface area (Å²) >= 11 is 0. The molecule has 2 amide bonds. The molecule has 1 aromatic carbocycles. The Labute approximate surface area is 164 Å². The van der Waals surface area contributed by atoms with Gasteiger partial charge >= 0.3 is 6.03 Å². The summed E-state index contributed by atoms with van der Waals surface area (Å²) in [5.74, 6) is 0. The zero-order valence-electron chi connectivity index (χ0n) is 15.9. The predicted molar refractivity (Wildman–Crippen MR) is 106 cm³/mol. The first-order valence-corrected chi connectivity index (χ1v) is 9.63. The van der Waals surface area contributed by atoms with E-state index >= 15 is 0 Å². The van der Waals surface area contributed by atoms with Crippen molar-refractivity contribution in [3.8, 4) is 11.3 Å². The Morgan fingerprint density at radius 1 is 1.14 bits per heavy atom. The fourth-order valence-electron chi connectivity index (χ4n) is 3.54. The molecule has 0 unspecified atom stereocenters. The average molecular weight is 376 g/mol. The van der Waals surface area contributed by atoms with Gasteiger partial charge in [-0.3, -0.25) is 4.98 Å². The lowest BCUT2D eigenvalue weighted by Gasteiger charge is -2.32. The fraction of sp³-hybridized carbons (Fsp3) is 0.333. The van der Waals surface area contributed by atoms with E-state index in [1.807, 2.05) is 65.2 Å². The summed E-state index contributed by atoms with van der Waals surface area (Å²) in [5, 5.41) is 11.7. The van der Waals surface area contributed by atoms with Crippen LogP contribution in [0.25, 0.3) is 11.3 Å². The lowest BCUT2D eigenvalue weighted by molar-refractivity contribution is 0.165. The van der Waals surface area contributed by atoms with E-state index in [-0.39, 0.29) is 18.1 Å². The summed E-state index contributed by atoms with van der Waals surface area (Å²) in [5.41, 5.74) is 2.89. The van der Waals surface area contributed by atoms with Crippen LogP contribution in [0.4, 0.5) is 4.79 Å². The maximum Gasteiger partial charge on any atom is 0.317 e. The second kappa shape index (κ2) is 8.21. The number of amides is 2. The van der Waals surface area contributed by atoms with Crippen LogP contribution in [0.5, 0.6) is 0 Å². The van der Waals surface area contributed by atoms with Crippen molar-refractivity contribution in [1.29, 1.82) is 0 Å². The molecule has 28 heavy (non-hydrogen) atoms. The van der Waals surface area contributed by atoms with E-state index in [1.165, 1.54) is 0 Å². The Hall–Kier alpha value is -3.22. The van der Waals surface area contributed by atoms with E-state index in [9.17, 15) is 4.79 Å². The SMILES string of the molecule is C[C@H](NC(=O)N1CCC(n2cc(-c3cccnc3)nn2)CC1)c1ccccc1. The monoisotopic (exact) mass is 376 g/mol. The molecule has 7 heteroatoms. The van der Waals surface area contributed by atoms with Gasteiger partial charge in [-0.05, 0) is 37.5 Å². The number of urea groups is 1. The number of likely N-dealkylation sites (tertiary alicyclic amines) is 1. The Balaban J connectivity index is 1.32. The summed E-state index contributed by atoms with van der Waals surface area (Å²) in [7, 11) is 0. The third kappa shape index (κ3) is 4.03. The number of nitrogens with one attached hydrogen (secondary N) is 1. The quantitative estimate of drug-likeness (QED) is 0.757. The van der Waals surface area contributed by atoms with Crippen LogP contribution in [0.3, 0.4) is 0 Å². The number of aromatic nitrogens is 4. The molecule has 1 N–H and O–H groups in total. The van der Waals surface area contributed by atoms with Gasteiger partial charge in [0.1, 0.15) is 5.69 Å². The average Bonchev–Trinajstić information content (AvgIpc) is 3.25. The summed E-state index contributed by atoms with van der Waals surface area (Å²) < 4.78 is 1.92.